The number of amides is 1. The highest BCUT2D eigenvalue weighted by atomic mass is 32.2. The van der Waals surface area contributed by atoms with Crippen LogP contribution < -0.4 is 10.1 Å². The second-order valence-electron chi connectivity index (χ2n) is 6.99. The predicted molar refractivity (Wildman–Crippen MR) is 111 cm³/mol. The number of methoxy groups -OCH3 is 1. The number of nitrogens with zero attached hydrogens (tertiary/aromatic N) is 2. The Labute approximate surface area is 172 Å². The van der Waals surface area contributed by atoms with Crippen LogP contribution in [0.5, 0.6) is 5.75 Å². The molecule has 0 saturated carbocycles. The van der Waals surface area contributed by atoms with Crippen molar-refractivity contribution in [3.63, 3.8) is 0 Å². The van der Waals surface area contributed by atoms with E-state index in [1.54, 1.807) is 37.4 Å². The maximum Gasteiger partial charge on any atom is 0.243 e. The minimum atomic E-state index is -3.49. The summed E-state index contributed by atoms with van der Waals surface area (Å²) >= 11 is 0. The third-order valence-electron chi connectivity index (χ3n) is 5.21. The summed E-state index contributed by atoms with van der Waals surface area (Å²) in [5.74, 6) is 0.706. The Balaban J connectivity index is 1.51. The van der Waals surface area contributed by atoms with Crippen LogP contribution in [0.3, 0.4) is 0 Å². The van der Waals surface area contributed by atoms with Crippen LogP contribution in [0, 0.1) is 0 Å². The summed E-state index contributed by atoms with van der Waals surface area (Å²) in [6, 6.07) is 15.7. The average molecular weight is 418 g/mol. The topological polar surface area (TPSA) is 79.0 Å². The van der Waals surface area contributed by atoms with Gasteiger partial charge in [-0.05, 0) is 36.8 Å². The minimum absolute atomic E-state index is 0.0693. The molecule has 1 fully saturated rings. The molecule has 7 nitrogen and oxygen atoms in total. The van der Waals surface area contributed by atoms with Gasteiger partial charge in [0, 0.05) is 32.7 Å². The summed E-state index contributed by atoms with van der Waals surface area (Å²) in [5.41, 5.74) is 0.991. The molecule has 8 heteroatoms. The fourth-order valence-electron chi connectivity index (χ4n) is 3.32. The molecule has 1 amide bonds. The second-order valence-corrected chi connectivity index (χ2v) is 8.93. The molecule has 0 aromatic heterocycles. The quantitative estimate of drug-likeness (QED) is 0.742. The molecule has 1 N–H and O–H groups in total. The molecule has 2 aromatic rings. The van der Waals surface area contributed by atoms with Crippen LogP contribution >= 0.6 is 0 Å². The van der Waals surface area contributed by atoms with Gasteiger partial charge in [-0.2, -0.15) is 4.31 Å². The van der Waals surface area contributed by atoms with Gasteiger partial charge >= 0.3 is 0 Å². The molecule has 1 aliphatic rings. The summed E-state index contributed by atoms with van der Waals surface area (Å²) in [4.78, 5) is 14.8. The largest absolute Gasteiger partial charge is 0.497 e. The van der Waals surface area contributed by atoms with Gasteiger partial charge in [0.2, 0.25) is 15.9 Å². The Morgan fingerprint density at radius 3 is 2.24 bits per heavy atom. The highest BCUT2D eigenvalue weighted by Gasteiger charge is 2.31. The monoisotopic (exact) mass is 417 g/mol. The Bertz CT molecular complexity index is 909. The third kappa shape index (κ3) is 5.14. The van der Waals surface area contributed by atoms with Gasteiger partial charge in [-0.3, -0.25) is 9.69 Å². The van der Waals surface area contributed by atoms with Gasteiger partial charge < -0.3 is 10.1 Å². The fraction of sp³-hybridized carbons (Fsp3) is 0.381. The molecule has 1 heterocycles. The summed E-state index contributed by atoms with van der Waals surface area (Å²) in [6.45, 7) is 4.06. The van der Waals surface area contributed by atoms with E-state index >= 15 is 0 Å². The van der Waals surface area contributed by atoms with Gasteiger partial charge in [-0.25, -0.2) is 8.42 Å². The first kappa shape index (κ1) is 21.3. The Morgan fingerprint density at radius 2 is 1.66 bits per heavy atom. The molecule has 0 spiro atoms. The molecule has 0 bridgehead atoms. The van der Waals surface area contributed by atoms with Crippen molar-refractivity contribution in [3.05, 3.63) is 60.2 Å². The van der Waals surface area contributed by atoms with E-state index in [-0.39, 0.29) is 11.9 Å². The van der Waals surface area contributed by atoms with E-state index in [4.69, 9.17) is 4.74 Å². The number of ether oxygens (including phenoxy) is 1. The molecule has 1 saturated heterocycles. The molecule has 0 unspecified atom stereocenters. The molecule has 0 radical (unpaired) electrons. The predicted octanol–water partition coefficient (Wildman–Crippen LogP) is 1.71. The molecule has 156 valence electrons. The maximum absolute atomic E-state index is 12.7. The standard InChI is InChI=1S/C21H27N3O4S/c1-17(21(25)22-16-18-8-10-19(28-2)11-9-18)23-12-14-24(15-13-23)29(26,27)20-6-4-3-5-7-20/h3-11,17H,12-16H2,1-2H3,(H,22,25)/t17-/m0/s1. The summed E-state index contributed by atoms with van der Waals surface area (Å²) in [6.07, 6.45) is 0. The van der Waals surface area contributed by atoms with Gasteiger partial charge in [-0.15, -0.1) is 0 Å². The first-order valence-corrected chi connectivity index (χ1v) is 11.1. The molecular weight excluding hydrogens is 390 g/mol. The maximum atomic E-state index is 12.7. The van der Waals surface area contributed by atoms with E-state index in [1.807, 2.05) is 36.1 Å². The number of sulfonamides is 1. The van der Waals surface area contributed by atoms with E-state index in [1.165, 1.54) is 4.31 Å². The molecule has 2 aromatic carbocycles. The van der Waals surface area contributed by atoms with Crippen LogP contribution in [-0.4, -0.2) is 62.9 Å². The van der Waals surface area contributed by atoms with Crippen molar-refractivity contribution in [1.29, 1.82) is 0 Å². The van der Waals surface area contributed by atoms with Crippen LogP contribution in [0.1, 0.15) is 12.5 Å². The lowest BCUT2D eigenvalue weighted by molar-refractivity contribution is -0.126. The van der Waals surface area contributed by atoms with E-state index in [2.05, 4.69) is 5.32 Å². The SMILES string of the molecule is COc1ccc(CNC(=O)[C@H](C)N2CCN(S(=O)(=O)c3ccccc3)CC2)cc1. The first-order chi connectivity index (χ1) is 13.9. The summed E-state index contributed by atoms with van der Waals surface area (Å²) < 4.78 is 32.1. The third-order valence-corrected chi connectivity index (χ3v) is 7.12. The molecule has 3 rings (SSSR count). The van der Waals surface area contributed by atoms with Crippen molar-refractivity contribution >= 4 is 15.9 Å². The highest BCUT2D eigenvalue weighted by molar-refractivity contribution is 7.89. The van der Waals surface area contributed by atoms with Gasteiger partial charge in [0.1, 0.15) is 5.75 Å². The van der Waals surface area contributed by atoms with Crippen molar-refractivity contribution in [2.75, 3.05) is 33.3 Å². The number of hydrogen-bond donors (Lipinski definition) is 1. The molecule has 1 atom stereocenters. The van der Waals surface area contributed by atoms with Gasteiger partial charge in [-0.1, -0.05) is 30.3 Å². The fourth-order valence-corrected chi connectivity index (χ4v) is 4.76. The van der Waals surface area contributed by atoms with Crippen molar-refractivity contribution < 1.29 is 17.9 Å². The minimum Gasteiger partial charge on any atom is -0.497 e. The van der Waals surface area contributed by atoms with Gasteiger partial charge in [0.15, 0.2) is 0 Å². The number of hydrogen-bond acceptors (Lipinski definition) is 5. The smallest absolute Gasteiger partial charge is 0.243 e. The Hall–Kier alpha value is -2.42. The number of benzene rings is 2. The molecule has 1 aliphatic heterocycles. The zero-order valence-corrected chi connectivity index (χ0v) is 17.6. The summed E-state index contributed by atoms with van der Waals surface area (Å²) in [5, 5.41) is 2.95. The first-order valence-electron chi connectivity index (χ1n) is 9.61. The number of piperazine rings is 1. The number of rotatable bonds is 7. The van der Waals surface area contributed by atoms with Crippen LogP contribution in [0.2, 0.25) is 0 Å². The van der Waals surface area contributed by atoms with Gasteiger partial charge in [0.25, 0.3) is 0 Å². The Morgan fingerprint density at radius 1 is 1.03 bits per heavy atom. The van der Waals surface area contributed by atoms with Crippen molar-refractivity contribution in [2.24, 2.45) is 0 Å². The van der Waals surface area contributed by atoms with Crippen molar-refractivity contribution in [1.82, 2.24) is 14.5 Å². The lowest BCUT2D eigenvalue weighted by atomic mass is 10.2. The summed E-state index contributed by atoms with van der Waals surface area (Å²) in [7, 11) is -1.87. The highest BCUT2D eigenvalue weighted by Crippen LogP contribution is 2.18. The van der Waals surface area contributed by atoms with Gasteiger partial charge in [0.05, 0.1) is 18.0 Å². The van der Waals surface area contributed by atoms with Crippen molar-refractivity contribution in [3.8, 4) is 5.75 Å². The van der Waals surface area contributed by atoms with E-state index < -0.39 is 10.0 Å². The lowest BCUT2D eigenvalue weighted by Gasteiger charge is -2.36. The van der Waals surface area contributed by atoms with E-state index in [0.29, 0.717) is 37.6 Å². The zero-order chi connectivity index (χ0) is 20.9. The van der Waals surface area contributed by atoms with Crippen LogP contribution in [0.4, 0.5) is 0 Å². The second kappa shape index (κ2) is 9.39. The molecular formula is C21H27N3O4S. The number of nitrogens with one attached hydrogen (secondary N) is 1. The molecule has 29 heavy (non-hydrogen) atoms. The van der Waals surface area contributed by atoms with E-state index in [0.717, 1.165) is 11.3 Å². The Kier molecular flexibility index (Phi) is 6.89. The lowest BCUT2D eigenvalue weighted by Crippen LogP contribution is -2.54. The van der Waals surface area contributed by atoms with Crippen LogP contribution in [-0.2, 0) is 21.4 Å². The van der Waals surface area contributed by atoms with Crippen LogP contribution in [0.15, 0.2) is 59.5 Å². The average Bonchev–Trinajstić information content (AvgIpc) is 2.78. The normalized spacial score (nSPS) is 16.9. The molecule has 0 aliphatic carbocycles. The van der Waals surface area contributed by atoms with Crippen molar-refractivity contribution in [2.45, 2.75) is 24.4 Å². The number of carbonyl (C=O) groups is 1. The van der Waals surface area contributed by atoms with Crippen LogP contribution in [0.25, 0.3) is 0 Å². The zero-order valence-electron chi connectivity index (χ0n) is 16.7. The van der Waals surface area contributed by atoms with E-state index in [9.17, 15) is 13.2 Å². The number of carbonyl (C=O) groups excluding carboxylic acids is 1.